The summed E-state index contributed by atoms with van der Waals surface area (Å²) < 4.78 is 5.58. The first kappa shape index (κ1) is 21.4. The van der Waals surface area contributed by atoms with Crippen LogP contribution in [0.3, 0.4) is 0 Å². The molecule has 2 aromatic carbocycles. The van der Waals surface area contributed by atoms with E-state index in [4.69, 9.17) is 4.74 Å². The number of amides is 1. The number of carbonyl (C=O) groups excluding carboxylic acids is 1. The van der Waals surface area contributed by atoms with Crippen LogP contribution in [-0.4, -0.2) is 56.2 Å². The maximum atomic E-state index is 12.5. The predicted octanol–water partition coefficient (Wildman–Crippen LogP) is 3.16. The van der Waals surface area contributed by atoms with Crippen LogP contribution in [0.2, 0.25) is 0 Å². The Morgan fingerprint density at radius 1 is 1.13 bits per heavy atom. The molecule has 0 spiro atoms. The molecule has 2 fully saturated rings. The number of hydrogen-bond acceptors (Lipinski definition) is 3. The van der Waals surface area contributed by atoms with Crippen molar-refractivity contribution in [3.63, 3.8) is 0 Å². The molecule has 4 rings (SSSR count). The van der Waals surface area contributed by atoms with E-state index in [1.807, 2.05) is 31.3 Å². The van der Waals surface area contributed by atoms with Crippen molar-refractivity contribution in [2.24, 2.45) is 4.99 Å². The van der Waals surface area contributed by atoms with E-state index in [1.54, 1.807) is 0 Å². The zero-order valence-corrected chi connectivity index (χ0v) is 18.2. The Balaban J connectivity index is 1.30. The lowest BCUT2D eigenvalue weighted by Crippen LogP contribution is -2.39. The van der Waals surface area contributed by atoms with Gasteiger partial charge in [-0.25, -0.2) is 0 Å². The second-order valence-corrected chi connectivity index (χ2v) is 8.29. The highest BCUT2D eigenvalue weighted by Gasteiger charge is 2.25. The van der Waals surface area contributed by atoms with E-state index in [0.717, 1.165) is 50.5 Å². The summed E-state index contributed by atoms with van der Waals surface area (Å²) in [6, 6.07) is 18.5. The van der Waals surface area contributed by atoms with E-state index >= 15 is 0 Å². The van der Waals surface area contributed by atoms with Gasteiger partial charge in [-0.3, -0.25) is 9.79 Å². The number of likely N-dealkylation sites (tertiary alicyclic amines) is 1. The molecule has 0 aliphatic carbocycles. The molecule has 1 amide bonds. The lowest BCUT2D eigenvalue weighted by Gasteiger charge is -2.22. The molecule has 2 atom stereocenters. The molecule has 2 aliphatic rings. The Bertz CT molecular complexity index is 893. The van der Waals surface area contributed by atoms with Crippen molar-refractivity contribution in [3.8, 4) is 0 Å². The Labute approximate surface area is 184 Å². The van der Waals surface area contributed by atoms with Crippen LogP contribution in [0.15, 0.2) is 59.6 Å². The molecule has 0 saturated carbocycles. The van der Waals surface area contributed by atoms with Gasteiger partial charge in [0.2, 0.25) is 0 Å². The Kier molecular flexibility index (Phi) is 7.20. The number of rotatable bonds is 6. The third-order valence-electron chi connectivity index (χ3n) is 6.12. The molecule has 2 unspecified atom stereocenters. The predicted molar refractivity (Wildman–Crippen MR) is 123 cm³/mol. The van der Waals surface area contributed by atoms with Gasteiger partial charge in [0.05, 0.1) is 6.10 Å². The maximum absolute atomic E-state index is 12.5. The molecular formula is C25H32N4O2. The van der Waals surface area contributed by atoms with Crippen LogP contribution in [0.5, 0.6) is 0 Å². The van der Waals surface area contributed by atoms with Gasteiger partial charge >= 0.3 is 0 Å². The quantitative estimate of drug-likeness (QED) is 0.557. The smallest absolute Gasteiger partial charge is 0.251 e. The van der Waals surface area contributed by atoms with Crippen LogP contribution in [-0.2, 0) is 11.3 Å². The van der Waals surface area contributed by atoms with Gasteiger partial charge in [-0.1, -0.05) is 42.5 Å². The standard InChI is InChI=1S/C25H32N4O2/c1-26-25(29-13-12-22(18-29)20-8-3-2-4-9-20)28-16-19-7-5-10-21(15-19)24(30)27-17-23-11-6-14-31-23/h2-5,7-10,15,22-23H,6,11-14,16-18H2,1H3,(H,26,28)(H,27,30). The number of nitrogens with zero attached hydrogens (tertiary/aromatic N) is 2. The highest BCUT2D eigenvalue weighted by atomic mass is 16.5. The van der Waals surface area contributed by atoms with Crippen molar-refractivity contribution in [1.82, 2.24) is 15.5 Å². The van der Waals surface area contributed by atoms with Gasteiger partial charge < -0.3 is 20.3 Å². The second kappa shape index (κ2) is 10.4. The van der Waals surface area contributed by atoms with Crippen LogP contribution in [0, 0.1) is 0 Å². The molecule has 2 saturated heterocycles. The third kappa shape index (κ3) is 5.64. The highest BCUT2D eigenvalue weighted by molar-refractivity contribution is 5.94. The highest BCUT2D eigenvalue weighted by Crippen LogP contribution is 2.26. The molecule has 2 aliphatic heterocycles. The van der Waals surface area contributed by atoms with Crippen molar-refractivity contribution < 1.29 is 9.53 Å². The van der Waals surface area contributed by atoms with E-state index in [2.05, 4.69) is 50.9 Å². The van der Waals surface area contributed by atoms with Crippen molar-refractivity contribution in [2.45, 2.75) is 37.8 Å². The zero-order valence-electron chi connectivity index (χ0n) is 18.2. The number of aliphatic imine (C=N–C) groups is 1. The molecule has 2 heterocycles. The first-order valence-electron chi connectivity index (χ1n) is 11.2. The average molecular weight is 421 g/mol. The fourth-order valence-corrected chi connectivity index (χ4v) is 4.40. The van der Waals surface area contributed by atoms with Crippen LogP contribution in [0.4, 0.5) is 0 Å². The van der Waals surface area contributed by atoms with Gasteiger partial charge in [0.15, 0.2) is 5.96 Å². The molecule has 164 valence electrons. The molecule has 0 radical (unpaired) electrons. The van der Waals surface area contributed by atoms with Gasteiger partial charge in [-0.15, -0.1) is 0 Å². The van der Waals surface area contributed by atoms with E-state index in [9.17, 15) is 4.79 Å². The fraction of sp³-hybridized carbons (Fsp3) is 0.440. The number of carbonyl (C=O) groups is 1. The SMILES string of the molecule is CN=C(NCc1cccc(C(=O)NCC2CCCO2)c1)N1CCC(c2ccccc2)C1. The van der Waals surface area contributed by atoms with Gasteiger partial charge in [0.25, 0.3) is 5.91 Å². The normalized spacial score (nSPS) is 21.3. The van der Waals surface area contributed by atoms with E-state index in [1.165, 1.54) is 5.56 Å². The first-order valence-corrected chi connectivity index (χ1v) is 11.2. The van der Waals surface area contributed by atoms with Gasteiger partial charge in [-0.05, 0) is 42.5 Å². The molecule has 31 heavy (non-hydrogen) atoms. The van der Waals surface area contributed by atoms with Crippen LogP contribution >= 0.6 is 0 Å². The van der Waals surface area contributed by atoms with Crippen LogP contribution in [0.1, 0.15) is 46.7 Å². The maximum Gasteiger partial charge on any atom is 0.251 e. The summed E-state index contributed by atoms with van der Waals surface area (Å²) in [5.74, 6) is 1.40. The second-order valence-electron chi connectivity index (χ2n) is 8.29. The van der Waals surface area contributed by atoms with Crippen LogP contribution < -0.4 is 10.6 Å². The number of hydrogen-bond donors (Lipinski definition) is 2. The fourth-order valence-electron chi connectivity index (χ4n) is 4.40. The summed E-state index contributed by atoms with van der Waals surface area (Å²) in [5, 5.41) is 6.46. The van der Waals surface area contributed by atoms with Gasteiger partial charge in [0, 0.05) is 51.3 Å². The summed E-state index contributed by atoms with van der Waals surface area (Å²) in [7, 11) is 1.83. The Morgan fingerprint density at radius 2 is 2.00 bits per heavy atom. The summed E-state index contributed by atoms with van der Waals surface area (Å²) in [4.78, 5) is 19.3. The molecule has 6 nitrogen and oxygen atoms in total. The first-order chi connectivity index (χ1) is 15.2. The van der Waals surface area contributed by atoms with E-state index in [0.29, 0.717) is 24.6 Å². The Morgan fingerprint density at radius 3 is 2.77 bits per heavy atom. The Hall–Kier alpha value is -2.86. The number of ether oxygens (including phenoxy) is 1. The van der Waals surface area contributed by atoms with Gasteiger partial charge in [0.1, 0.15) is 0 Å². The molecule has 2 aromatic rings. The average Bonchev–Trinajstić information content (AvgIpc) is 3.51. The minimum Gasteiger partial charge on any atom is -0.376 e. The summed E-state index contributed by atoms with van der Waals surface area (Å²) in [6.45, 7) is 3.96. The largest absolute Gasteiger partial charge is 0.376 e. The third-order valence-corrected chi connectivity index (χ3v) is 6.12. The van der Waals surface area contributed by atoms with E-state index < -0.39 is 0 Å². The molecule has 6 heteroatoms. The monoisotopic (exact) mass is 420 g/mol. The van der Waals surface area contributed by atoms with Crippen molar-refractivity contribution in [2.75, 3.05) is 33.3 Å². The molecular weight excluding hydrogens is 388 g/mol. The minimum absolute atomic E-state index is 0.0491. The summed E-state index contributed by atoms with van der Waals surface area (Å²) >= 11 is 0. The molecule has 2 N–H and O–H groups in total. The molecule has 0 bridgehead atoms. The zero-order chi connectivity index (χ0) is 21.5. The minimum atomic E-state index is -0.0491. The van der Waals surface area contributed by atoms with Crippen molar-refractivity contribution in [1.29, 1.82) is 0 Å². The summed E-state index contributed by atoms with van der Waals surface area (Å²) in [6.07, 6.45) is 3.37. The lowest BCUT2D eigenvalue weighted by atomic mass is 9.99. The van der Waals surface area contributed by atoms with Crippen molar-refractivity contribution >= 4 is 11.9 Å². The number of nitrogens with one attached hydrogen (secondary N) is 2. The van der Waals surface area contributed by atoms with Crippen LogP contribution in [0.25, 0.3) is 0 Å². The van der Waals surface area contributed by atoms with Gasteiger partial charge in [-0.2, -0.15) is 0 Å². The summed E-state index contributed by atoms with van der Waals surface area (Å²) in [5.41, 5.74) is 3.13. The number of guanidine groups is 1. The lowest BCUT2D eigenvalue weighted by molar-refractivity contribution is 0.0857. The molecule has 0 aromatic heterocycles. The van der Waals surface area contributed by atoms with Crippen molar-refractivity contribution in [3.05, 3.63) is 71.3 Å². The van der Waals surface area contributed by atoms with E-state index in [-0.39, 0.29) is 12.0 Å². The number of benzene rings is 2. The topological polar surface area (TPSA) is 66.0 Å².